The van der Waals surface area contributed by atoms with Gasteiger partial charge < -0.3 is 9.80 Å². The average Bonchev–Trinajstić information content (AvgIpc) is 3.22. The zero-order chi connectivity index (χ0) is 21.6. The predicted octanol–water partition coefficient (Wildman–Crippen LogP) is 3.34. The highest BCUT2D eigenvalue weighted by Crippen LogP contribution is 2.32. The lowest BCUT2D eigenvalue weighted by molar-refractivity contribution is -0.146. The zero-order valence-electron chi connectivity index (χ0n) is 16.7. The van der Waals surface area contributed by atoms with E-state index in [0.29, 0.717) is 31.7 Å². The second kappa shape index (κ2) is 7.51. The number of anilines is 2. The third-order valence-electron chi connectivity index (χ3n) is 6.05. The van der Waals surface area contributed by atoms with E-state index in [1.165, 1.54) is 11.6 Å². The van der Waals surface area contributed by atoms with E-state index in [2.05, 4.69) is 21.4 Å². The molecule has 0 N–H and O–H groups in total. The first-order chi connectivity index (χ1) is 14.9. The van der Waals surface area contributed by atoms with Crippen LogP contribution in [-0.2, 0) is 17.4 Å². The Bertz CT molecular complexity index is 1120. The van der Waals surface area contributed by atoms with Crippen molar-refractivity contribution in [2.75, 3.05) is 29.4 Å². The maximum atomic E-state index is 13.2. The molecule has 31 heavy (non-hydrogen) atoms. The fourth-order valence-corrected chi connectivity index (χ4v) is 4.46. The lowest BCUT2D eigenvalue weighted by Crippen LogP contribution is -2.44. The van der Waals surface area contributed by atoms with Crippen LogP contribution in [0.2, 0.25) is 0 Å². The Morgan fingerprint density at radius 2 is 1.77 bits per heavy atom. The molecule has 3 aromatic rings. The first-order valence-corrected chi connectivity index (χ1v) is 10.4. The van der Waals surface area contributed by atoms with E-state index in [4.69, 9.17) is 0 Å². The zero-order valence-corrected chi connectivity index (χ0v) is 16.7. The molecule has 4 heterocycles. The van der Waals surface area contributed by atoms with Gasteiger partial charge in [0.25, 0.3) is 5.82 Å². The molecule has 1 fully saturated rings. The van der Waals surface area contributed by atoms with E-state index in [1.54, 1.807) is 6.07 Å². The minimum absolute atomic E-state index is 0.0462. The number of aromatic nitrogens is 4. The number of nitrogens with zero attached hydrogens (tertiary/aromatic N) is 6. The van der Waals surface area contributed by atoms with E-state index in [-0.39, 0.29) is 17.5 Å². The van der Waals surface area contributed by atoms with Crippen molar-refractivity contribution in [2.45, 2.75) is 31.9 Å². The fourth-order valence-electron chi connectivity index (χ4n) is 4.46. The molecule has 0 spiro atoms. The Hall–Kier alpha value is -3.17. The van der Waals surface area contributed by atoms with Crippen LogP contribution >= 0.6 is 0 Å². The number of halogens is 3. The molecule has 0 aliphatic carbocycles. The summed E-state index contributed by atoms with van der Waals surface area (Å²) in [6, 6.07) is 11.1. The Morgan fingerprint density at radius 3 is 2.55 bits per heavy atom. The summed E-state index contributed by atoms with van der Waals surface area (Å²) in [6.45, 7) is 1.82. The minimum Gasteiger partial charge on any atom is -0.355 e. The lowest BCUT2D eigenvalue weighted by Gasteiger charge is -2.36. The topological polar surface area (TPSA) is 66.6 Å². The summed E-state index contributed by atoms with van der Waals surface area (Å²) in [4.78, 5) is 17.0. The average molecular weight is 430 g/mol. The van der Waals surface area contributed by atoms with Crippen molar-refractivity contribution in [1.29, 1.82) is 0 Å². The van der Waals surface area contributed by atoms with Crippen molar-refractivity contribution in [2.24, 2.45) is 5.92 Å². The number of aryl methyl sites for hydroxylation is 1. The third kappa shape index (κ3) is 3.60. The molecule has 10 heteroatoms. The van der Waals surface area contributed by atoms with Crippen molar-refractivity contribution in [3.63, 3.8) is 0 Å². The number of rotatable bonds is 2. The van der Waals surface area contributed by atoms with Gasteiger partial charge in [-0.1, -0.05) is 18.2 Å². The molecule has 1 amide bonds. The SMILES string of the molecule is O=C(C1CCN(c2ccc3nnc(C(F)(F)F)n3n2)CC1)N1CCCc2ccccc21. The smallest absolute Gasteiger partial charge is 0.355 e. The van der Waals surface area contributed by atoms with Crippen molar-refractivity contribution in [1.82, 2.24) is 19.8 Å². The van der Waals surface area contributed by atoms with E-state index in [9.17, 15) is 18.0 Å². The van der Waals surface area contributed by atoms with E-state index in [0.717, 1.165) is 29.6 Å². The summed E-state index contributed by atoms with van der Waals surface area (Å²) in [6.07, 6.45) is -1.44. The van der Waals surface area contributed by atoms with Crippen LogP contribution in [-0.4, -0.2) is 45.4 Å². The van der Waals surface area contributed by atoms with Crippen LogP contribution in [0.5, 0.6) is 0 Å². The summed E-state index contributed by atoms with van der Waals surface area (Å²) in [5.41, 5.74) is 2.25. The predicted molar refractivity (Wildman–Crippen MR) is 108 cm³/mol. The molecule has 0 unspecified atom stereocenters. The quantitative estimate of drug-likeness (QED) is 0.624. The van der Waals surface area contributed by atoms with Gasteiger partial charge in [0.05, 0.1) is 0 Å². The summed E-state index contributed by atoms with van der Waals surface area (Å²) < 4.78 is 40.1. The fraction of sp³-hybridized carbons (Fsp3) is 0.429. The van der Waals surface area contributed by atoms with E-state index < -0.39 is 12.0 Å². The molecule has 2 aromatic heterocycles. The molecule has 1 aromatic carbocycles. The first kappa shape index (κ1) is 19.8. The van der Waals surface area contributed by atoms with Crippen molar-refractivity contribution in [3.05, 3.63) is 47.8 Å². The summed E-state index contributed by atoms with van der Waals surface area (Å²) in [5, 5.41) is 10.9. The standard InChI is InChI=1S/C21H21F3N6O/c22-21(23,24)20-26-25-17-7-8-18(27-30(17)20)28-12-9-15(10-13-28)19(31)29-11-3-5-14-4-1-2-6-16(14)29/h1-2,4,6-8,15H,3,5,9-13H2. The second-order valence-electron chi connectivity index (χ2n) is 7.97. The van der Waals surface area contributed by atoms with Gasteiger partial charge in [-0.05, 0) is 49.4 Å². The van der Waals surface area contributed by atoms with Gasteiger partial charge in [0.15, 0.2) is 5.65 Å². The lowest BCUT2D eigenvalue weighted by atomic mass is 9.93. The maximum absolute atomic E-state index is 13.2. The highest BCUT2D eigenvalue weighted by Gasteiger charge is 2.38. The molecule has 0 radical (unpaired) electrons. The number of para-hydroxylation sites is 1. The molecule has 2 aliphatic rings. The summed E-state index contributed by atoms with van der Waals surface area (Å²) in [7, 11) is 0. The number of carbonyl (C=O) groups excluding carboxylic acids is 1. The molecule has 5 rings (SSSR count). The normalized spacial score (nSPS) is 17.8. The minimum atomic E-state index is -4.63. The van der Waals surface area contributed by atoms with Gasteiger partial charge >= 0.3 is 6.18 Å². The molecule has 1 saturated heterocycles. The Balaban J connectivity index is 1.30. The number of fused-ring (bicyclic) bond motifs is 2. The molecule has 0 bridgehead atoms. The van der Waals surface area contributed by atoms with Gasteiger partial charge in [0.2, 0.25) is 5.91 Å². The second-order valence-corrected chi connectivity index (χ2v) is 7.97. The summed E-state index contributed by atoms with van der Waals surface area (Å²) in [5.74, 6) is -0.689. The molecule has 0 saturated carbocycles. The number of carbonyl (C=O) groups is 1. The Labute approximate surface area is 176 Å². The van der Waals surface area contributed by atoms with Gasteiger partial charge in [-0.15, -0.1) is 15.3 Å². The molecule has 7 nitrogen and oxygen atoms in total. The van der Waals surface area contributed by atoms with Crippen LogP contribution < -0.4 is 9.80 Å². The Kier molecular flexibility index (Phi) is 4.79. The number of hydrogen-bond acceptors (Lipinski definition) is 5. The van der Waals surface area contributed by atoms with Gasteiger partial charge in [0, 0.05) is 31.2 Å². The van der Waals surface area contributed by atoms with E-state index in [1.807, 2.05) is 28.0 Å². The Morgan fingerprint density at radius 1 is 1.00 bits per heavy atom. The van der Waals surface area contributed by atoms with Crippen molar-refractivity contribution >= 4 is 23.1 Å². The van der Waals surface area contributed by atoms with Crippen molar-refractivity contribution in [3.8, 4) is 0 Å². The van der Waals surface area contributed by atoms with Gasteiger partial charge in [0.1, 0.15) is 5.82 Å². The molecular formula is C21H21F3N6O. The monoisotopic (exact) mass is 430 g/mol. The van der Waals surface area contributed by atoms with Crippen LogP contribution in [0, 0.1) is 5.92 Å². The summed E-state index contributed by atoms with van der Waals surface area (Å²) >= 11 is 0. The van der Waals surface area contributed by atoms with Gasteiger partial charge in [-0.2, -0.15) is 17.7 Å². The van der Waals surface area contributed by atoms with Crippen LogP contribution in [0.1, 0.15) is 30.7 Å². The molecular weight excluding hydrogens is 409 g/mol. The van der Waals surface area contributed by atoms with E-state index >= 15 is 0 Å². The molecule has 0 atom stereocenters. The number of amides is 1. The largest absolute Gasteiger partial charge is 0.453 e. The van der Waals surface area contributed by atoms with Crippen LogP contribution in [0.25, 0.3) is 5.65 Å². The van der Waals surface area contributed by atoms with Crippen LogP contribution in [0.15, 0.2) is 36.4 Å². The van der Waals surface area contributed by atoms with Gasteiger partial charge in [-0.3, -0.25) is 4.79 Å². The number of alkyl halides is 3. The number of hydrogen-bond donors (Lipinski definition) is 0. The number of piperidine rings is 1. The highest BCUT2D eigenvalue weighted by atomic mass is 19.4. The molecule has 162 valence electrons. The third-order valence-corrected chi connectivity index (χ3v) is 6.05. The highest BCUT2D eigenvalue weighted by molar-refractivity contribution is 5.96. The first-order valence-electron chi connectivity index (χ1n) is 10.4. The van der Waals surface area contributed by atoms with Crippen LogP contribution in [0.4, 0.5) is 24.7 Å². The molecule has 2 aliphatic heterocycles. The number of benzene rings is 1. The van der Waals surface area contributed by atoms with Crippen molar-refractivity contribution < 1.29 is 18.0 Å². The maximum Gasteiger partial charge on any atom is 0.453 e. The van der Waals surface area contributed by atoms with Gasteiger partial charge in [-0.25, -0.2) is 0 Å². The van der Waals surface area contributed by atoms with Crippen LogP contribution in [0.3, 0.4) is 0 Å².